The number of nitro groups is 1. The Kier molecular flexibility index (Phi) is 1.77. The molecule has 2 aromatic rings. The Morgan fingerprint density at radius 3 is 3.00 bits per heavy atom. The van der Waals surface area contributed by atoms with Gasteiger partial charge in [0.15, 0.2) is 0 Å². The molecule has 6 heteroatoms. The number of hydrogen-bond acceptors (Lipinski definition) is 3. The summed E-state index contributed by atoms with van der Waals surface area (Å²) in [6.07, 6.45) is 1.55. The average Bonchev–Trinajstić information content (AvgIpc) is 2.47. The van der Waals surface area contributed by atoms with E-state index in [0.29, 0.717) is 5.52 Å². The molecule has 0 saturated carbocycles. The number of rotatable bonds is 1. The van der Waals surface area contributed by atoms with Crippen molar-refractivity contribution in [3.63, 3.8) is 0 Å². The van der Waals surface area contributed by atoms with Crippen molar-refractivity contribution in [1.82, 2.24) is 8.58 Å². The van der Waals surface area contributed by atoms with Crippen LogP contribution in [0.5, 0.6) is 0 Å². The maximum atomic E-state index is 10.4. The van der Waals surface area contributed by atoms with E-state index in [0.717, 1.165) is 5.52 Å². The molecule has 0 atom stereocenters. The van der Waals surface area contributed by atoms with E-state index in [2.05, 4.69) is 21.1 Å². The van der Waals surface area contributed by atoms with Gasteiger partial charge in [0, 0.05) is 12.1 Å². The third kappa shape index (κ3) is 1.29. The Balaban J connectivity index is 2.70. The lowest BCUT2D eigenvalue weighted by molar-refractivity contribution is -0.384. The summed E-state index contributed by atoms with van der Waals surface area (Å²) in [5.41, 5.74) is 1.47. The molecule has 0 saturated heterocycles. The third-order valence-electron chi connectivity index (χ3n) is 1.70. The Bertz CT molecular complexity index is 480. The molecule has 0 aliphatic heterocycles. The summed E-state index contributed by atoms with van der Waals surface area (Å²) in [5, 5.41) is 10.4. The van der Waals surface area contributed by atoms with Crippen LogP contribution in [0.3, 0.4) is 0 Å². The first-order chi connectivity index (χ1) is 6.18. The number of nitro benzene ring substituents is 1. The molecular weight excluding hydrogens is 238 g/mol. The number of imidazole rings is 1. The quantitative estimate of drug-likeness (QED) is 0.568. The van der Waals surface area contributed by atoms with Crippen molar-refractivity contribution in [2.75, 3.05) is 0 Å². The van der Waals surface area contributed by atoms with Crippen molar-refractivity contribution < 1.29 is 4.92 Å². The van der Waals surface area contributed by atoms with E-state index in [1.54, 1.807) is 16.0 Å². The lowest BCUT2D eigenvalue weighted by Gasteiger charge is -1.91. The fraction of sp³-hybridized carbons (Fsp3) is 0. The van der Waals surface area contributed by atoms with Crippen LogP contribution in [-0.4, -0.2) is 13.5 Å². The molecule has 66 valence electrons. The Hall–Kier alpha value is -1.43. The van der Waals surface area contributed by atoms with Crippen molar-refractivity contribution in [2.24, 2.45) is 0 Å². The van der Waals surface area contributed by atoms with Gasteiger partial charge in [0.1, 0.15) is 6.33 Å². The van der Waals surface area contributed by atoms with Gasteiger partial charge in [-0.2, -0.15) is 0 Å². The van der Waals surface area contributed by atoms with Gasteiger partial charge in [0.2, 0.25) is 0 Å². The van der Waals surface area contributed by atoms with Gasteiger partial charge in [-0.3, -0.25) is 13.7 Å². The minimum Gasteiger partial charge on any atom is -0.265 e. The van der Waals surface area contributed by atoms with Crippen LogP contribution in [0.1, 0.15) is 0 Å². The zero-order chi connectivity index (χ0) is 9.42. The van der Waals surface area contributed by atoms with Gasteiger partial charge in [0.25, 0.3) is 5.69 Å². The van der Waals surface area contributed by atoms with Gasteiger partial charge in [-0.1, -0.05) is 0 Å². The molecule has 0 bridgehead atoms. The first-order valence-corrected chi connectivity index (χ1v) is 4.17. The van der Waals surface area contributed by atoms with Gasteiger partial charge in [-0.15, -0.1) is 0 Å². The highest BCUT2D eigenvalue weighted by atomic mass is 79.9. The molecular formula is C7H4BrN3O2. The summed E-state index contributed by atoms with van der Waals surface area (Å²) in [6, 6.07) is 4.53. The molecule has 0 N–H and O–H groups in total. The molecule has 0 radical (unpaired) electrons. The molecule has 13 heavy (non-hydrogen) atoms. The molecule has 0 amide bonds. The Labute approximate surface area is 81.5 Å². The highest BCUT2D eigenvalue weighted by Gasteiger charge is 2.08. The van der Waals surface area contributed by atoms with Crippen molar-refractivity contribution in [2.45, 2.75) is 0 Å². The van der Waals surface area contributed by atoms with Crippen LogP contribution in [-0.2, 0) is 0 Å². The molecule has 1 heterocycles. The number of non-ortho nitro benzene ring substituents is 1. The lowest BCUT2D eigenvalue weighted by atomic mass is 10.3. The molecule has 0 aliphatic rings. The maximum Gasteiger partial charge on any atom is 0.271 e. The number of fused-ring (bicyclic) bond motifs is 1. The maximum absolute atomic E-state index is 10.4. The second-order valence-electron chi connectivity index (χ2n) is 2.49. The smallest absolute Gasteiger partial charge is 0.265 e. The van der Waals surface area contributed by atoms with E-state index in [9.17, 15) is 10.1 Å². The largest absolute Gasteiger partial charge is 0.271 e. The number of halogens is 1. The van der Waals surface area contributed by atoms with Crippen molar-refractivity contribution in [3.8, 4) is 0 Å². The highest BCUT2D eigenvalue weighted by molar-refractivity contribution is 9.08. The van der Waals surface area contributed by atoms with Gasteiger partial charge in [-0.25, -0.2) is 4.98 Å². The van der Waals surface area contributed by atoms with Gasteiger partial charge >= 0.3 is 0 Å². The zero-order valence-electron chi connectivity index (χ0n) is 6.35. The van der Waals surface area contributed by atoms with Crippen LogP contribution in [0, 0.1) is 10.1 Å². The fourth-order valence-electron chi connectivity index (χ4n) is 1.08. The Morgan fingerprint density at radius 1 is 1.54 bits per heavy atom. The SMILES string of the molecule is O=[N+]([O-])c1ccc2c(c1)ncn2Br. The van der Waals surface area contributed by atoms with E-state index < -0.39 is 4.92 Å². The summed E-state index contributed by atoms with van der Waals surface area (Å²) in [4.78, 5) is 13.9. The summed E-state index contributed by atoms with van der Waals surface area (Å²) in [6.45, 7) is 0. The molecule has 5 nitrogen and oxygen atoms in total. The zero-order valence-corrected chi connectivity index (χ0v) is 7.93. The highest BCUT2D eigenvalue weighted by Crippen LogP contribution is 2.20. The molecule has 2 rings (SSSR count). The molecule has 1 aromatic heterocycles. The fourth-order valence-corrected chi connectivity index (χ4v) is 1.48. The normalized spacial score (nSPS) is 10.5. The standard InChI is InChI=1S/C7H4BrN3O2/c8-10-4-9-6-3-5(11(12)13)1-2-7(6)10/h1-4H. The van der Waals surface area contributed by atoms with E-state index in [-0.39, 0.29) is 5.69 Å². The molecule has 0 spiro atoms. The summed E-state index contributed by atoms with van der Waals surface area (Å²) >= 11 is 3.21. The summed E-state index contributed by atoms with van der Waals surface area (Å²) < 4.78 is 1.63. The van der Waals surface area contributed by atoms with Crippen LogP contribution < -0.4 is 0 Å². The average molecular weight is 242 g/mol. The molecule has 0 fully saturated rings. The van der Waals surface area contributed by atoms with Crippen LogP contribution in [0.25, 0.3) is 11.0 Å². The van der Waals surface area contributed by atoms with Crippen LogP contribution >= 0.6 is 16.1 Å². The van der Waals surface area contributed by atoms with E-state index in [1.807, 2.05) is 0 Å². The first kappa shape index (κ1) is 8.18. The van der Waals surface area contributed by atoms with E-state index >= 15 is 0 Å². The molecule has 0 unspecified atom stereocenters. The molecule has 0 aliphatic carbocycles. The minimum atomic E-state index is -0.438. The van der Waals surface area contributed by atoms with Crippen molar-refractivity contribution in [1.29, 1.82) is 0 Å². The van der Waals surface area contributed by atoms with Gasteiger partial charge < -0.3 is 0 Å². The number of benzene rings is 1. The summed E-state index contributed by atoms with van der Waals surface area (Å²) in [7, 11) is 0. The topological polar surface area (TPSA) is 61.0 Å². The second kappa shape index (κ2) is 2.81. The van der Waals surface area contributed by atoms with Crippen molar-refractivity contribution in [3.05, 3.63) is 34.6 Å². The lowest BCUT2D eigenvalue weighted by Crippen LogP contribution is -1.87. The molecule has 1 aromatic carbocycles. The summed E-state index contributed by atoms with van der Waals surface area (Å²) in [5.74, 6) is 0. The monoisotopic (exact) mass is 241 g/mol. The van der Waals surface area contributed by atoms with Crippen LogP contribution in [0.4, 0.5) is 5.69 Å². The van der Waals surface area contributed by atoms with Gasteiger partial charge in [-0.05, 0) is 6.07 Å². The second-order valence-corrected chi connectivity index (χ2v) is 3.25. The Morgan fingerprint density at radius 2 is 2.31 bits per heavy atom. The van der Waals surface area contributed by atoms with E-state index in [1.165, 1.54) is 12.1 Å². The predicted octanol–water partition coefficient (Wildman–Crippen LogP) is 2.10. The van der Waals surface area contributed by atoms with E-state index in [4.69, 9.17) is 0 Å². The number of hydrogen-bond donors (Lipinski definition) is 0. The third-order valence-corrected chi connectivity index (χ3v) is 2.26. The first-order valence-electron chi connectivity index (χ1n) is 3.46. The number of aromatic nitrogens is 2. The van der Waals surface area contributed by atoms with Crippen molar-refractivity contribution >= 4 is 32.9 Å². The van der Waals surface area contributed by atoms with Gasteiger partial charge in [0.05, 0.1) is 32.1 Å². The minimum absolute atomic E-state index is 0.0544. The van der Waals surface area contributed by atoms with Crippen LogP contribution in [0.2, 0.25) is 0 Å². The predicted molar refractivity (Wildman–Crippen MR) is 50.7 cm³/mol. The van der Waals surface area contributed by atoms with Crippen LogP contribution in [0.15, 0.2) is 24.5 Å². The number of nitrogens with zero attached hydrogens (tertiary/aromatic N) is 3.